The Labute approximate surface area is 139 Å². The molecule has 110 valence electrons. The molecule has 2 aliphatic rings. The second-order valence-electron chi connectivity index (χ2n) is 5.33. The first-order valence-corrected chi connectivity index (χ1v) is 9.25. The van der Waals surface area contributed by atoms with Gasteiger partial charge in [-0.2, -0.15) is 0 Å². The van der Waals surface area contributed by atoms with Crippen LogP contribution >= 0.6 is 24.8 Å². The molecule has 1 aromatic heterocycles. The van der Waals surface area contributed by atoms with E-state index in [2.05, 4.69) is 21.9 Å². The molecule has 0 aliphatic carbocycles. The third-order valence-electron chi connectivity index (χ3n) is 3.87. The van der Waals surface area contributed by atoms with E-state index in [1.807, 2.05) is 0 Å². The van der Waals surface area contributed by atoms with E-state index in [1.165, 1.54) is 65.0 Å². The molecular formula is C14H24Cl2N2Te. The minimum atomic E-state index is 0. The molecule has 19 heavy (non-hydrogen) atoms. The Hall–Kier alpha value is 0.770. The first-order valence-electron chi connectivity index (χ1n) is 6.92. The van der Waals surface area contributed by atoms with Crippen LogP contribution in [0, 0.1) is 0 Å². The summed E-state index contributed by atoms with van der Waals surface area (Å²) in [7, 11) is 0. The maximum atomic E-state index is 2.64. The van der Waals surface area contributed by atoms with E-state index in [0.717, 1.165) is 0 Å². The molecule has 3 rings (SSSR count). The minimum absolute atomic E-state index is 0. The molecule has 0 N–H and O–H groups in total. The fourth-order valence-corrected chi connectivity index (χ4v) is 6.06. The summed E-state index contributed by atoms with van der Waals surface area (Å²) in [4.78, 5) is 5.28. The Kier molecular flexibility index (Phi) is 8.37. The summed E-state index contributed by atoms with van der Waals surface area (Å²) < 4.78 is 3.54. The van der Waals surface area contributed by atoms with Crippen molar-refractivity contribution in [3.63, 3.8) is 0 Å². The third kappa shape index (κ3) is 5.23. The SMILES string of the molecule is Cl.Cl.c1cc(CN2CCCC2)[te]c1CN1CCCC1. The summed E-state index contributed by atoms with van der Waals surface area (Å²) in [6.45, 7) is 7.92. The van der Waals surface area contributed by atoms with Crippen LogP contribution in [-0.4, -0.2) is 56.4 Å². The molecule has 3 heterocycles. The summed E-state index contributed by atoms with van der Waals surface area (Å²) in [5, 5.41) is 0. The third-order valence-corrected chi connectivity index (χ3v) is 6.88. The second-order valence-corrected chi connectivity index (χ2v) is 8.91. The van der Waals surface area contributed by atoms with Gasteiger partial charge in [-0.25, -0.2) is 0 Å². The fraction of sp³-hybridized carbons (Fsp3) is 0.714. The first-order chi connectivity index (χ1) is 8.40. The molecule has 1 aromatic rings. The van der Waals surface area contributed by atoms with Gasteiger partial charge in [0.1, 0.15) is 0 Å². The summed E-state index contributed by atoms with van der Waals surface area (Å²) in [5.41, 5.74) is 0. The van der Waals surface area contributed by atoms with Crippen molar-refractivity contribution in [3.8, 4) is 0 Å². The van der Waals surface area contributed by atoms with Gasteiger partial charge in [0.2, 0.25) is 0 Å². The fourth-order valence-electron chi connectivity index (χ4n) is 2.91. The molecule has 2 nitrogen and oxygen atoms in total. The molecule has 0 saturated carbocycles. The Morgan fingerprint density at radius 1 is 0.737 bits per heavy atom. The Morgan fingerprint density at radius 3 is 1.47 bits per heavy atom. The summed E-state index contributed by atoms with van der Waals surface area (Å²) in [6.07, 6.45) is 5.67. The van der Waals surface area contributed by atoms with Gasteiger partial charge in [-0.15, -0.1) is 24.8 Å². The van der Waals surface area contributed by atoms with Crippen molar-refractivity contribution in [2.75, 3.05) is 26.2 Å². The molecular weight excluding hydrogens is 395 g/mol. The second kappa shape index (κ2) is 8.92. The van der Waals surface area contributed by atoms with E-state index in [4.69, 9.17) is 0 Å². The average molecular weight is 419 g/mol. The van der Waals surface area contributed by atoms with Crippen molar-refractivity contribution >= 4 is 45.2 Å². The maximum absolute atomic E-state index is 2.64. The van der Waals surface area contributed by atoms with E-state index < -0.39 is 0 Å². The topological polar surface area (TPSA) is 6.48 Å². The summed E-state index contributed by atoms with van der Waals surface area (Å²) in [5.74, 6) is 0. The number of hydrogen-bond donors (Lipinski definition) is 0. The molecule has 2 saturated heterocycles. The number of rotatable bonds is 4. The van der Waals surface area contributed by atoms with Crippen LogP contribution in [0.1, 0.15) is 32.8 Å². The van der Waals surface area contributed by atoms with E-state index >= 15 is 0 Å². The molecule has 0 amide bonds. The molecule has 0 atom stereocenters. The van der Waals surface area contributed by atoms with Crippen molar-refractivity contribution in [2.45, 2.75) is 38.8 Å². The molecule has 2 aliphatic heterocycles. The molecule has 5 heteroatoms. The van der Waals surface area contributed by atoms with Gasteiger partial charge < -0.3 is 0 Å². The van der Waals surface area contributed by atoms with Crippen molar-refractivity contribution < 1.29 is 0 Å². The van der Waals surface area contributed by atoms with Gasteiger partial charge >= 0.3 is 114 Å². The van der Waals surface area contributed by atoms with Crippen molar-refractivity contribution in [1.82, 2.24) is 9.80 Å². The number of nitrogens with zero attached hydrogens (tertiary/aromatic N) is 2. The molecule has 2 fully saturated rings. The van der Waals surface area contributed by atoms with Gasteiger partial charge in [-0.3, -0.25) is 0 Å². The normalized spacial score (nSPS) is 20.2. The molecule has 0 unspecified atom stereocenters. The Bertz CT molecular complexity index is 326. The van der Waals surface area contributed by atoms with Crippen molar-refractivity contribution in [1.29, 1.82) is 0 Å². The van der Waals surface area contributed by atoms with Gasteiger partial charge in [0, 0.05) is 0 Å². The Morgan fingerprint density at radius 2 is 1.11 bits per heavy atom. The number of likely N-dealkylation sites (tertiary alicyclic amines) is 2. The molecule has 0 radical (unpaired) electrons. The molecule has 0 spiro atoms. The van der Waals surface area contributed by atoms with Gasteiger partial charge in [-0.1, -0.05) is 0 Å². The zero-order chi connectivity index (χ0) is 11.5. The number of halogens is 2. The van der Waals surface area contributed by atoms with Crippen molar-refractivity contribution in [3.05, 3.63) is 19.3 Å². The summed E-state index contributed by atoms with van der Waals surface area (Å²) in [6, 6.07) is 4.87. The van der Waals surface area contributed by atoms with Crippen molar-refractivity contribution in [2.24, 2.45) is 0 Å². The van der Waals surface area contributed by atoms with Gasteiger partial charge in [-0.05, 0) is 0 Å². The van der Waals surface area contributed by atoms with Crippen LogP contribution in [0.4, 0.5) is 0 Å². The van der Waals surface area contributed by atoms with Crippen LogP contribution in [0.3, 0.4) is 0 Å². The van der Waals surface area contributed by atoms with E-state index in [1.54, 1.807) is 7.16 Å². The average Bonchev–Trinajstić information content (AvgIpc) is 3.02. The zero-order valence-corrected chi connectivity index (χ0v) is 15.3. The van der Waals surface area contributed by atoms with Crippen LogP contribution < -0.4 is 0 Å². The van der Waals surface area contributed by atoms with E-state index in [9.17, 15) is 0 Å². The standard InChI is InChI=1S/C14H22N2Te.2ClH/c1-2-8-15(7-1)11-13-5-6-14(17-13)12-16-9-3-4-10-16;;/h5-6H,1-4,7-12H2;2*1H. The van der Waals surface area contributed by atoms with Gasteiger partial charge in [0.05, 0.1) is 0 Å². The quantitative estimate of drug-likeness (QED) is 0.694. The van der Waals surface area contributed by atoms with Crippen LogP contribution in [-0.2, 0) is 13.1 Å². The van der Waals surface area contributed by atoms with Crippen LogP contribution in [0.15, 0.2) is 12.1 Å². The van der Waals surface area contributed by atoms with E-state index in [0.29, 0.717) is 0 Å². The monoisotopic (exact) mass is 420 g/mol. The predicted octanol–water partition coefficient (Wildman–Crippen LogP) is 2.78. The van der Waals surface area contributed by atoms with Crippen LogP contribution in [0.5, 0.6) is 0 Å². The van der Waals surface area contributed by atoms with Crippen LogP contribution in [0.2, 0.25) is 0 Å². The van der Waals surface area contributed by atoms with E-state index in [-0.39, 0.29) is 45.2 Å². The van der Waals surface area contributed by atoms with Crippen LogP contribution in [0.25, 0.3) is 0 Å². The molecule has 0 aromatic carbocycles. The number of hydrogen-bond acceptors (Lipinski definition) is 2. The summed E-state index contributed by atoms with van der Waals surface area (Å²) >= 11 is 0.0260. The zero-order valence-electron chi connectivity index (χ0n) is 11.3. The van der Waals surface area contributed by atoms with Gasteiger partial charge in [0.15, 0.2) is 0 Å². The first kappa shape index (κ1) is 17.8. The Balaban J connectivity index is 0.000000902. The predicted molar refractivity (Wildman–Crippen MR) is 86.9 cm³/mol. The molecule has 0 bridgehead atoms. The van der Waals surface area contributed by atoms with Gasteiger partial charge in [0.25, 0.3) is 0 Å².